The largest absolute Gasteiger partial charge is 0.486 e. The fourth-order valence-electron chi connectivity index (χ4n) is 1.45. The van der Waals surface area contributed by atoms with Crippen molar-refractivity contribution in [2.24, 2.45) is 0 Å². The first-order chi connectivity index (χ1) is 6.38. The number of hydrogen-bond donors (Lipinski definition) is 2. The van der Waals surface area contributed by atoms with Gasteiger partial charge in [-0.15, -0.1) is 0 Å². The van der Waals surface area contributed by atoms with E-state index in [0.29, 0.717) is 19.1 Å². The second-order valence-electron chi connectivity index (χ2n) is 3.63. The number of rotatable bonds is 3. The van der Waals surface area contributed by atoms with Gasteiger partial charge in [0.1, 0.15) is 0 Å². The van der Waals surface area contributed by atoms with E-state index < -0.39 is 7.82 Å². The van der Waals surface area contributed by atoms with Crippen molar-refractivity contribution >= 4 is 7.82 Å². The van der Waals surface area contributed by atoms with Gasteiger partial charge in [0, 0.05) is 32.2 Å². The number of nitrogens with zero attached hydrogens (tertiary/aromatic N) is 2. The molecular weight excluding hydrogens is 207 g/mol. The highest BCUT2D eigenvalue weighted by Gasteiger charge is 2.25. The molecule has 0 spiro atoms. The molecule has 0 bridgehead atoms. The third-order valence-corrected chi connectivity index (χ3v) is 2.67. The Kier molecular flexibility index (Phi) is 4.06. The zero-order chi connectivity index (χ0) is 10.8. The smallest absolute Gasteiger partial charge is 0.302 e. The van der Waals surface area contributed by atoms with Crippen molar-refractivity contribution in [2.75, 3.05) is 26.2 Å². The van der Waals surface area contributed by atoms with Crippen molar-refractivity contribution < 1.29 is 19.0 Å². The summed E-state index contributed by atoms with van der Waals surface area (Å²) in [7, 11) is -4.37. The standard InChI is InChI=1S/C7H17N2O4P/c1-7(2)8-3-5-9(6-4-8)13-14(10,11)12/h7H,3-6H2,1-2H3,(H2,10,11,12). The summed E-state index contributed by atoms with van der Waals surface area (Å²) >= 11 is 0. The molecule has 84 valence electrons. The van der Waals surface area contributed by atoms with Crippen molar-refractivity contribution in [3.8, 4) is 0 Å². The highest BCUT2D eigenvalue weighted by molar-refractivity contribution is 7.46. The maximum Gasteiger partial charge on any atom is 0.486 e. The van der Waals surface area contributed by atoms with Crippen LogP contribution in [-0.4, -0.2) is 52.0 Å². The summed E-state index contributed by atoms with van der Waals surface area (Å²) in [5, 5.41) is 1.33. The Bertz CT molecular complexity index is 222. The molecule has 2 N–H and O–H groups in total. The van der Waals surface area contributed by atoms with Gasteiger partial charge in [0.15, 0.2) is 0 Å². The SMILES string of the molecule is CC(C)N1CCN(OP(=O)(O)O)CC1. The number of hydroxylamine groups is 2. The lowest BCUT2D eigenvalue weighted by Crippen LogP contribution is -2.48. The second-order valence-corrected chi connectivity index (χ2v) is 4.78. The van der Waals surface area contributed by atoms with Crippen LogP contribution >= 0.6 is 7.82 Å². The third kappa shape index (κ3) is 4.04. The molecule has 6 nitrogen and oxygen atoms in total. The Morgan fingerprint density at radius 1 is 1.21 bits per heavy atom. The van der Waals surface area contributed by atoms with Crippen molar-refractivity contribution in [3.05, 3.63) is 0 Å². The third-order valence-electron chi connectivity index (χ3n) is 2.23. The predicted octanol–water partition coefficient (Wildman–Crippen LogP) is 0.0367. The van der Waals surface area contributed by atoms with Crippen LogP contribution in [0.15, 0.2) is 0 Å². The number of phosphoric acid groups is 1. The Balaban J connectivity index is 2.33. The van der Waals surface area contributed by atoms with Gasteiger partial charge in [0.05, 0.1) is 0 Å². The summed E-state index contributed by atoms with van der Waals surface area (Å²) < 4.78 is 15.0. The Morgan fingerprint density at radius 3 is 2.07 bits per heavy atom. The minimum atomic E-state index is -4.37. The van der Waals surface area contributed by atoms with E-state index in [4.69, 9.17) is 9.79 Å². The molecule has 0 aromatic rings. The van der Waals surface area contributed by atoms with Crippen LogP contribution in [0.4, 0.5) is 0 Å². The van der Waals surface area contributed by atoms with Crippen molar-refractivity contribution in [2.45, 2.75) is 19.9 Å². The summed E-state index contributed by atoms with van der Waals surface area (Å²) in [6, 6.07) is 0.465. The normalized spacial score (nSPS) is 21.8. The quantitative estimate of drug-likeness (QED) is 0.659. The summed E-state index contributed by atoms with van der Waals surface area (Å²) in [4.78, 5) is 19.4. The van der Waals surface area contributed by atoms with Crippen LogP contribution in [0.1, 0.15) is 13.8 Å². The Hall–Kier alpha value is 0.0300. The Morgan fingerprint density at radius 2 is 1.71 bits per heavy atom. The van der Waals surface area contributed by atoms with Gasteiger partial charge in [-0.2, -0.15) is 9.69 Å². The zero-order valence-corrected chi connectivity index (χ0v) is 9.35. The summed E-state index contributed by atoms with van der Waals surface area (Å²) in [6.07, 6.45) is 0. The molecule has 1 heterocycles. The molecule has 7 heteroatoms. The average molecular weight is 224 g/mol. The molecular formula is C7H17N2O4P. The fourth-order valence-corrected chi connectivity index (χ4v) is 1.92. The van der Waals surface area contributed by atoms with Crippen LogP contribution in [0.5, 0.6) is 0 Å². The molecule has 0 radical (unpaired) electrons. The minimum Gasteiger partial charge on any atom is -0.302 e. The molecule has 0 aromatic heterocycles. The fraction of sp³-hybridized carbons (Fsp3) is 1.00. The molecule has 0 unspecified atom stereocenters. The van der Waals surface area contributed by atoms with E-state index in [2.05, 4.69) is 23.4 Å². The number of hydrogen-bond acceptors (Lipinski definition) is 4. The van der Waals surface area contributed by atoms with Crippen LogP contribution in [-0.2, 0) is 9.19 Å². The van der Waals surface area contributed by atoms with Gasteiger partial charge in [-0.1, -0.05) is 0 Å². The lowest BCUT2D eigenvalue weighted by atomic mass is 10.3. The predicted molar refractivity (Wildman–Crippen MR) is 51.4 cm³/mol. The lowest BCUT2D eigenvalue weighted by Gasteiger charge is -2.35. The van der Waals surface area contributed by atoms with Gasteiger partial charge < -0.3 is 9.79 Å². The summed E-state index contributed by atoms with van der Waals surface area (Å²) in [5.74, 6) is 0. The van der Waals surface area contributed by atoms with Gasteiger partial charge in [0.2, 0.25) is 0 Å². The zero-order valence-electron chi connectivity index (χ0n) is 8.46. The maximum atomic E-state index is 10.5. The molecule has 1 aliphatic heterocycles. The van der Waals surface area contributed by atoms with E-state index >= 15 is 0 Å². The van der Waals surface area contributed by atoms with E-state index in [1.54, 1.807) is 0 Å². The van der Waals surface area contributed by atoms with E-state index in [0.717, 1.165) is 13.1 Å². The highest BCUT2D eigenvalue weighted by atomic mass is 31.2. The van der Waals surface area contributed by atoms with Gasteiger partial charge in [0.25, 0.3) is 0 Å². The molecule has 1 rings (SSSR count). The maximum absolute atomic E-state index is 10.5. The molecule has 14 heavy (non-hydrogen) atoms. The molecule has 1 saturated heterocycles. The van der Waals surface area contributed by atoms with Crippen LogP contribution in [0, 0.1) is 0 Å². The molecule has 0 atom stereocenters. The highest BCUT2D eigenvalue weighted by Crippen LogP contribution is 2.37. The van der Waals surface area contributed by atoms with Crippen molar-refractivity contribution in [1.82, 2.24) is 9.96 Å². The molecule has 1 aliphatic rings. The minimum absolute atomic E-state index is 0.465. The van der Waals surface area contributed by atoms with Gasteiger partial charge in [-0.3, -0.25) is 4.90 Å². The molecule has 0 amide bonds. The van der Waals surface area contributed by atoms with E-state index in [9.17, 15) is 4.57 Å². The van der Waals surface area contributed by atoms with Crippen LogP contribution in [0.25, 0.3) is 0 Å². The molecule has 1 fully saturated rings. The molecule has 0 saturated carbocycles. The van der Waals surface area contributed by atoms with Gasteiger partial charge >= 0.3 is 7.82 Å². The lowest BCUT2D eigenvalue weighted by molar-refractivity contribution is -0.110. The van der Waals surface area contributed by atoms with Crippen molar-refractivity contribution in [1.29, 1.82) is 0 Å². The van der Waals surface area contributed by atoms with Crippen LogP contribution < -0.4 is 0 Å². The molecule has 0 aliphatic carbocycles. The topological polar surface area (TPSA) is 73.2 Å². The first-order valence-corrected chi connectivity index (χ1v) is 6.16. The second kappa shape index (κ2) is 4.70. The van der Waals surface area contributed by atoms with Crippen LogP contribution in [0.2, 0.25) is 0 Å². The first-order valence-electron chi connectivity index (χ1n) is 4.63. The monoisotopic (exact) mass is 224 g/mol. The summed E-state index contributed by atoms with van der Waals surface area (Å²) in [5.41, 5.74) is 0. The van der Waals surface area contributed by atoms with Gasteiger partial charge in [-0.25, -0.2) is 4.57 Å². The van der Waals surface area contributed by atoms with E-state index in [1.165, 1.54) is 5.06 Å². The van der Waals surface area contributed by atoms with E-state index in [1.807, 2.05) is 0 Å². The number of piperazine rings is 1. The molecule has 0 aromatic carbocycles. The Labute approximate surface area is 83.6 Å². The van der Waals surface area contributed by atoms with E-state index in [-0.39, 0.29) is 0 Å². The van der Waals surface area contributed by atoms with Crippen LogP contribution in [0.3, 0.4) is 0 Å². The first kappa shape index (κ1) is 12.1. The van der Waals surface area contributed by atoms with Gasteiger partial charge in [-0.05, 0) is 13.8 Å². The average Bonchev–Trinajstić information content (AvgIpc) is 2.02. The summed E-state index contributed by atoms with van der Waals surface area (Å²) in [6.45, 7) is 6.81. The van der Waals surface area contributed by atoms with Crippen molar-refractivity contribution in [3.63, 3.8) is 0 Å².